The molecule has 0 amide bonds. The van der Waals surface area contributed by atoms with Crippen LogP contribution in [-0.2, 0) is 14.0 Å². The summed E-state index contributed by atoms with van der Waals surface area (Å²) in [5, 5.41) is 2.98. The van der Waals surface area contributed by atoms with E-state index in [0.29, 0.717) is 5.56 Å². The third-order valence-corrected chi connectivity index (χ3v) is 9.78. The predicted octanol–water partition coefficient (Wildman–Crippen LogP) is 4.28. The summed E-state index contributed by atoms with van der Waals surface area (Å²) in [6.07, 6.45) is -0.921. The first-order valence-electron chi connectivity index (χ1n) is 10.9. The number of carbonyl (C=O) groups excluding carboxylic acids is 1. The van der Waals surface area contributed by atoms with Gasteiger partial charge in [-0.15, -0.1) is 0 Å². The van der Waals surface area contributed by atoms with Crippen molar-refractivity contribution < 1.29 is 18.3 Å². The highest BCUT2D eigenvalue weighted by Gasteiger charge is 2.45. The smallest absolute Gasteiger partial charge is 0.336 e. The maximum atomic E-state index is 14.3. The van der Waals surface area contributed by atoms with Crippen LogP contribution in [0.15, 0.2) is 127 Å². The third kappa shape index (κ3) is 4.62. The molecule has 170 valence electrons. The molecule has 34 heavy (non-hydrogen) atoms. The van der Waals surface area contributed by atoms with Crippen molar-refractivity contribution in [2.45, 2.75) is 6.10 Å². The maximum Gasteiger partial charge on any atom is 0.336 e. The van der Waals surface area contributed by atoms with Gasteiger partial charge in [0, 0.05) is 0 Å². The number of benzene rings is 4. The first kappa shape index (κ1) is 23.4. The molecule has 0 aliphatic carbocycles. The molecule has 0 N–H and O–H groups in total. The Labute approximate surface area is 200 Å². The van der Waals surface area contributed by atoms with Crippen molar-refractivity contribution in [3.63, 3.8) is 0 Å². The fraction of sp³-hybridized carbons (Fsp3) is 0.0690. The summed E-state index contributed by atoms with van der Waals surface area (Å²) in [5.74, 6) is -1.03. The molecule has 0 saturated carbocycles. The van der Waals surface area contributed by atoms with Crippen LogP contribution < -0.4 is 15.6 Å². The molecule has 0 unspecified atom stereocenters. The van der Waals surface area contributed by atoms with Crippen molar-refractivity contribution >= 4 is 29.8 Å². The lowest BCUT2D eigenvalue weighted by molar-refractivity contribution is -0.137. The van der Waals surface area contributed by atoms with E-state index in [9.17, 15) is 9.18 Å². The van der Waals surface area contributed by atoms with Crippen molar-refractivity contribution in [1.29, 1.82) is 0 Å². The largest absolute Gasteiger partial charge is 0.466 e. The minimum atomic E-state index is -3.20. The van der Waals surface area contributed by atoms with Crippen LogP contribution in [0.1, 0.15) is 11.7 Å². The second kappa shape index (κ2) is 10.4. The zero-order valence-corrected chi connectivity index (χ0v) is 19.9. The van der Waals surface area contributed by atoms with Crippen LogP contribution in [0.25, 0.3) is 0 Å². The highest BCUT2D eigenvalue weighted by Crippen LogP contribution is 2.30. The fourth-order valence-corrected chi connectivity index (χ4v) is 8.17. The lowest BCUT2D eigenvalue weighted by Gasteiger charge is -2.37. The van der Waals surface area contributed by atoms with E-state index in [4.69, 9.17) is 9.16 Å². The molecule has 0 heterocycles. The quantitative estimate of drug-likeness (QED) is 0.168. The van der Waals surface area contributed by atoms with Crippen LogP contribution in [0.2, 0.25) is 0 Å². The maximum absolute atomic E-state index is 14.3. The molecular formula is C29H25FO3Si. The Morgan fingerprint density at radius 3 is 1.65 bits per heavy atom. The van der Waals surface area contributed by atoms with Gasteiger partial charge < -0.3 is 9.16 Å². The van der Waals surface area contributed by atoms with E-state index in [2.05, 4.69) is 6.58 Å². The van der Waals surface area contributed by atoms with Crippen LogP contribution in [0.3, 0.4) is 0 Å². The highest BCUT2D eigenvalue weighted by atomic mass is 28.4. The van der Waals surface area contributed by atoms with E-state index in [0.717, 1.165) is 15.6 Å². The molecule has 4 rings (SSSR count). The molecule has 0 aliphatic heterocycles. The monoisotopic (exact) mass is 468 g/mol. The van der Waals surface area contributed by atoms with E-state index in [1.807, 2.05) is 91.0 Å². The van der Waals surface area contributed by atoms with Gasteiger partial charge in [-0.25, -0.2) is 9.18 Å². The average Bonchev–Trinajstić information content (AvgIpc) is 2.90. The Hall–Kier alpha value is -3.80. The SMILES string of the molecule is C=C(C(=O)OC)[C@@H](O[Si](c1ccccc1)(c1ccccc1)c1ccccc1)c1cccc(F)c1. The van der Waals surface area contributed by atoms with Gasteiger partial charge in [0.1, 0.15) is 11.9 Å². The number of hydrogen-bond acceptors (Lipinski definition) is 3. The van der Waals surface area contributed by atoms with Gasteiger partial charge >= 0.3 is 5.97 Å². The van der Waals surface area contributed by atoms with E-state index in [-0.39, 0.29) is 5.57 Å². The number of halogens is 1. The molecule has 0 fully saturated rings. The molecule has 0 aromatic heterocycles. The summed E-state index contributed by atoms with van der Waals surface area (Å²) in [4.78, 5) is 12.6. The van der Waals surface area contributed by atoms with Gasteiger partial charge in [0.25, 0.3) is 8.32 Å². The number of esters is 1. The number of methoxy groups -OCH3 is 1. The number of ether oxygens (including phenoxy) is 1. The normalized spacial score (nSPS) is 12.1. The topological polar surface area (TPSA) is 35.5 Å². The molecule has 3 nitrogen and oxygen atoms in total. The van der Waals surface area contributed by atoms with Crippen LogP contribution in [0.4, 0.5) is 4.39 Å². The molecule has 0 saturated heterocycles. The van der Waals surface area contributed by atoms with Crippen LogP contribution in [-0.4, -0.2) is 21.4 Å². The lowest BCUT2D eigenvalue weighted by Crippen LogP contribution is -2.69. The number of hydrogen-bond donors (Lipinski definition) is 0. The molecule has 0 bridgehead atoms. The Morgan fingerprint density at radius 2 is 1.24 bits per heavy atom. The number of rotatable bonds is 8. The summed E-state index contributed by atoms with van der Waals surface area (Å²) in [6, 6.07) is 36.0. The van der Waals surface area contributed by atoms with Gasteiger partial charge in [-0.1, -0.05) is 110 Å². The van der Waals surface area contributed by atoms with Crippen LogP contribution >= 0.6 is 0 Å². The van der Waals surface area contributed by atoms with E-state index in [1.165, 1.54) is 19.2 Å². The summed E-state index contributed by atoms with van der Waals surface area (Å²) in [7, 11) is -1.90. The predicted molar refractivity (Wildman–Crippen MR) is 135 cm³/mol. The van der Waals surface area contributed by atoms with Crippen molar-refractivity contribution in [2.24, 2.45) is 0 Å². The van der Waals surface area contributed by atoms with E-state index in [1.54, 1.807) is 12.1 Å². The van der Waals surface area contributed by atoms with Crippen molar-refractivity contribution in [1.82, 2.24) is 0 Å². The van der Waals surface area contributed by atoms with Crippen LogP contribution in [0, 0.1) is 5.82 Å². The fourth-order valence-electron chi connectivity index (χ4n) is 4.15. The average molecular weight is 469 g/mol. The minimum absolute atomic E-state index is 0.104. The van der Waals surface area contributed by atoms with Gasteiger partial charge in [0.2, 0.25) is 0 Å². The lowest BCUT2D eigenvalue weighted by atomic mass is 10.0. The summed E-state index contributed by atoms with van der Waals surface area (Å²) in [6.45, 7) is 4.00. The second-order valence-corrected chi connectivity index (χ2v) is 11.2. The third-order valence-electron chi connectivity index (χ3n) is 5.75. The Morgan fingerprint density at radius 1 is 0.765 bits per heavy atom. The van der Waals surface area contributed by atoms with Crippen molar-refractivity contribution in [3.05, 3.63) is 139 Å². The molecule has 5 heteroatoms. The summed E-state index contributed by atoms with van der Waals surface area (Å²) >= 11 is 0. The molecule has 0 radical (unpaired) electrons. The highest BCUT2D eigenvalue weighted by molar-refractivity contribution is 7.07. The van der Waals surface area contributed by atoms with E-state index >= 15 is 0 Å². The van der Waals surface area contributed by atoms with Gasteiger partial charge in [-0.2, -0.15) is 0 Å². The summed E-state index contributed by atoms with van der Waals surface area (Å²) < 4.78 is 26.4. The second-order valence-electron chi connectivity index (χ2n) is 7.85. The molecule has 0 aliphatic rings. The first-order valence-corrected chi connectivity index (χ1v) is 12.8. The van der Waals surface area contributed by atoms with Crippen molar-refractivity contribution in [3.8, 4) is 0 Å². The Kier molecular flexibility index (Phi) is 7.16. The number of carbonyl (C=O) groups is 1. The van der Waals surface area contributed by atoms with Gasteiger partial charge in [-0.05, 0) is 33.3 Å². The van der Waals surface area contributed by atoms with Gasteiger partial charge in [0.05, 0.1) is 12.7 Å². The molecule has 4 aromatic carbocycles. The zero-order chi connectivity index (χ0) is 24.0. The van der Waals surface area contributed by atoms with Gasteiger partial charge in [0.15, 0.2) is 0 Å². The van der Waals surface area contributed by atoms with E-state index < -0.39 is 26.2 Å². The molecule has 1 atom stereocenters. The molecule has 0 spiro atoms. The zero-order valence-electron chi connectivity index (χ0n) is 18.9. The Balaban J connectivity index is 2.00. The first-order chi connectivity index (χ1) is 16.6. The molecule has 4 aromatic rings. The Bertz CT molecular complexity index is 1160. The standard InChI is InChI=1S/C29H25FO3Si/c1-22(29(31)32-2)28(23-13-12-14-24(30)21-23)33-34(25-15-6-3-7-16-25,26-17-8-4-9-18-26)27-19-10-5-11-20-27/h3-21,28H,1H2,2H3/t28-/m1/s1. The molecular weight excluding hydrogens is 443 g/mol. The summed E-state index contributed by atoms with van der Waals surface area (Å²) in [5.41, 5.74) is 0.600. The van der Waals surface area contributed by atoms with Crippen LogP contribution in [0.5, 0.6) is 0 Å². The van der Waals surface area contributed by atoms with Gasteiger partial charge in [-0.3, -0.25) is 0 Å². The van der Waals surface area contributed by atoms with Crippen molar-refractivity contribution in [2.75, 3.05) is 7.11 Å². The minimum Gasteiger partial charge on any atom is -0.466 e.